The minimum absolute atomic E-state index is 0.0206. The smallest absolute Gasteiger partial charge is 0.426 e. The van der Waals surface area contributed by atoms with Crippen molar-refractivity contribution >= 4 is 11.8 Å². The van der Waals surface area contributed by atoms with Crippen molar-refractivity contribution in [2.75, 3.05) is 5.32 Å². The number of anilines is 1. The molecule has 0 saturated carbocycles. The number of hydrogen-bond acceptors (Lipinski definition) is 8. The van der Waals surface area contributed by atoms with Crippen LogP contribution in [0.3, 0.4) is 0 Å². The maximum atomic E-state index is 14.9. The van der Waals surface area contributed by atoms with Crippen LogP contribution in [-0.4, -0.2) is 44.3 Å². The van der Waals surface area contributed by atoms with E-state index in [4.69, 9.17) is 13.9 Å². The molecule has 0 radical (unpaired) electrons. The fraction of sp³-hybridized carbons (Fsp3) is 0.467. The maximum absolute atomic E-state index is 14.9. The zero-order valence-electron chi connectivity index (χ0n) is 25.5. The number of carbonyl (C=O) groups excluding carboxylic acids is 1. The molecule has 0 fully saturated rings. The molecule has 18 heteroatoms. The highest BCUT2D eigenvalue weighted by atomic mass is 19.4. The van der Waals surface area contributed by atoms with Gasteiger partial charge in [0.2, 0.25) is 11.2 Å². The maximum Gasteiger partial charge on any atom is 0.426 e. The van der Waals surface area contributed by atoms with Crippen LogP contribution < -0.4 is 5.32 Å². The Labute approximate surface area is 267 Å². The molecule has 1 aromatic carbocycles. The van der Waals surface area contributed by atoms with E-state index in [9.17, 15) is 49.4 Å². The van der Waals surface area contributed by atoms with Crippen molar-refractivity contribution in [2.45, 2.75) is 88.4 Å². The number of amides is 1. The van der Waals surface area contributed by atoms with E-state index in [0.717, 1.165) is 12.2 Å². The normalized spacial score (nSPS) is 21.7. The van der Waals surface area contributed by atoms with E-state index < -0.39 is 108 Å². The minimum Gasteiger partial charge on any atom is -0.444 e. The molecular weight excluding hydrogens is 667 g/mol. The summed E-state index contributed by atoms with van der Waals surface area (Å²) in [7, 11) is 0. The highest BCUT2D eigenvalue weighted by Crippen LogP contribution is 2.50. The van der Waals surface area contributed by atoms with Crippen molar-refractivity contribution < 1.29 is 63.3 Å². The fourth-order valence-electron chi connectivity index (χ4n) is 4.77. The molecule has 0 spiro atoms. The number of allylic oxidation sites excluding steroid dienone is 2. The highest BCUT2D eigenvalue weighted by Gasteiger charge is 2.62. The standard InChI is InChI=1S/C30H29F9N4O5/c1-25(2,3)48-24(44)40-19-15-18(28(31,32)33)21-26(45,29(34,35)36)13-9-4-5-10-14-27(30(37,38)39,46-16-17-11-7-6-8-12-17)23-43-42-22(47-23)20(19)41-21/h4-8,11-12,15,45H,9-10,13-14,16H2,1-3H3,(H,40,44)/b5-4-. The van der Waals surface area contributed by atoms with E-state index in [1.54, 1.807) is 18.2 Å². The third kappa shape index (κ3) is 7.75. The number of nitrogens with one attached hydrogen (secondary N) is 1. The first-order valence-corrected chi connectivity index (χ1v) is 14.2. The summed E-state index contributed by atoms with van der Waals surface area (Å²) in [5.41, 5.74) is -14.6. The molecule has 48 heavy (non-hydrogen) atoms. The van der Waals surface area contributed by atoms with E-state index in [2.05, 4.69) is 15.2 Å². The number of aromatic nitrogens is 3. The van der Waals surface area contributed by atoms with Gasteiger partial charge in [0.15, 0.2) is 5.69 Å². The number of benzene rings is 1. The molecule has 2 N–H and O–H groups in total. The molecule has 4 bridgehead atoms. The summed E-state index contributed by atoms with van der Waals surface area (Å²) in [4.78, 5) is 16.1. The average Bonchev–Trinajstić information content (AvgIpc) is 3.44. The molecule has 4 rings (SSSR count). The number of pyridine rings is 1. The Hall–Kier alpha value is -4.19. The lowest BCUT2D eigenvalue weighted by Gasteiger charge is -2.33. The largest absolute Gasteiger partial charge is 0.444 e. The number of alkyl halides is 9. The number of halogens is 9. The topological polar surface area (TPSA) is 120 Å². The van der Waals surface area contributed by atoms with Gasteiger partial charge in [0.05, 0.1) is 23.6 Å². The summed E-state index contributed by atoms with van der Waals surface area (Å²) in [5.74, 6) is -2.37. The van der Waals surface area contributed by atoms with Crippen LogP contribution >= 0.6 is 0 Å². The first-order valence-electron chi connectivity index (χ1n) is 14.2. The first-order chi connectivity index (χ1) is 22.1. The second kappa shape index (κ2) is 13.0. The van der Waals surface area contributed by atoms with Crippen molar-refractivity contribution in [2.24, 2.45) is 0 Å². The van der Waals surface area contributed by atoms with E-state index in [1.165, 1.54) is 32.9 Å². The molecule has 3 aromatic rings. The molecule has 262 valence electrons. The first kappa shape index (κ1) is 36.6. The van der Waals surface area contributed by atoms with Gasteiger partial charge in [-0.1, -0.05) is 42.5 Å². The second-order valence-electron chi connectivity index (χ2n) is 11.8. The van der Waals surface area contributed by atoms with Crippen LogP contribution in [0.4, 0.5) is 50.0 Å². The van der Waals surface area contributed by atoms with Crippen molar-refractivity contribution in [1.82, 2.24) is 15.2 Å². The summed E-state index contributed by atoms with van der Waals surface area (Å²) in [5, 5.41) is 19.7. The number of rotatable bonds is 4. The Morgan fingerprint density at radius 1 is 0.938 bits per heavy atom. The summed E-state index contributed by atoms with van der Waals surface area (Å²) in [6, 6.07) is 7.71. The number of ether oxygens (including phenoxy) is 2. The summed E-state index contributed by atoms with van der Waals surface area (Å²) < 4.78 is 147. The molecule has 1 aliphatic rings. The SMILES string of the molecule is CC(C)(C)OC(=O)Nc1cc(C(F)(F)F)c2nc1-c1nnc(o1)C(OCc1ccccc1)(C(F)(F)F)CC/C=C\CCC2(O)C(F)(F)F. The Balaban J connectivity index is 2.02. The average molecular weight is 697 g/mol. The second-order valence-corrected chi connectivity index (χ2v) is 11.8. The van der Waals surface area contributed by atoms with Crippen LogP contribution in [0.25, 0.3) is 11.6 Å². The van der Waals surface area contributed by atoms with Gasteiger partial charge >= 0.3 is 24.6 Å². The molecule has 1 aliphatic heterocycles. The zero-order valence-corrected chi connectivity index (χ0v) is 25.5. The monoisotopic (exact) mass is 696 g/mol. The van der Waals surface area contributed by atoms with Crippen LogP contribution in [0.1, 0.15) is 69.2 Å². The number of fused-ring (bicyclic) bond motifs is 5. The molecule has 1 amide bonds. The summed E-state index contributed by atoms with van der Waals surface area (Å²) in [6.45, 7) is 3.57. The lowest BCUT2D eigenvalue weighted by Crippen LogP contribution is -2.45. The van der Waals surface area contributed by atoms with Gasteiger partial charge in [-0.05, 0) is 58.1 Å². The Kier molecular flexibility index (Phi) is 9.94. The van der Waals surface area contributed by atoms with E-state index in [-0.39, 0.29) is 6.07 Å². The lowest BCUT2D eigenvalue weighted by molar-refractivity contribution is -0.299. The fourth-order valence-corrected chi connectivity index (χ4v) is 4.77. The molecule has 3 heterocycles. The van der Waals surface area contributed by atoms with Gasteiger partial charge in [-0.15, -0.1) is 10.2 Å². The predicted octanol–water partition coefficient (Wildman–Crippen LogP) is 8.35. The molecular formula is C30H29F9N4O5. The third-order valence-electron chi connectivity index (χ3n) is 7.09. The molecule has 0 saturated heterocycles. The number of nitrogens with zero attached hydrogens (tertiary/aromatic N) is 3. The van der Waals surface area contributed by atoms with Crippen LogP contribution in [0.2, 0.25) is 0 Å². The van der Waals surface area contributed by atoms with Gasteiger partial charge in [-0.3, -0.25) is 5.32 Å². The van der Waals surface area contributed by atoms with E-state index in [1.807, 2.05) is 5.32 Å². The van der Waals surface area contributed by atoms with E-state index in [0.29, 0.717) is 5.56 Å². The highest BCUT2D eigenvalue weighted by molar-refractivity contribution is 5.89. The Morgan fingerprint density at radius 2 is 1.56 bits per heavy atom. The molecule has 2 aromatic heterocycles. The minimum atomic E-state index is -5.74. The van der Waals surface area contributed by atoms with Crippen molar-refractivity contribution in [3.63, 3.8) is 0 Å². The van der Waals surface area contributed by atoms with Gasteiger partial charge in [0.1, 0.15) is 5.60 Å². The van der Waals surface area contributed by atoms with Crippen molar-refractivity contribution in [1.29, 1.82) is 0 Å². The van der Waals surface area contributed by atoms with Crippen molar-refractivity contribution in [3.8, 4) is 11.6 Å². The zero-order chi connectivity index (χ0) is 35.8. The lowest BCUT2D eigenvalue weighted by atomic mass is 9.88. The third-order valence-corrected chi connectivity index (χ3v) is 7.09. The number of aliphatic hydroxyl groups is 1. The van der Waals surface area contributed by atoms with Gasteiger partial charge in [-0.25, -0.2) is 9.78 Å². The number of carbonyl (C=O) groups is 1. The molecule has 2 atom stereocenters. The molecule has 9 nitrogen and oxygen atoms in total. The van der Waals surface area contributed by atoms with Gasteiger partial charge < -0.3 is 19.0 Å². The summed E-state index contributed by atoms with van der Waals surface area (Å²) >= 11 is 0. The van der Waals surface area contributed by atoms with Crippen LogP contribution in [0.5, 0.6) is 0 Å². The van der Waals surface area contributed by atoms with Crippen LogP contribution in [0.15, 0.2) is 53.0 Å². The van der Waals surface area contributed by atoms with Gasteiger partial charge in [0, 0.05) is 0 Å². The number of hydrogen-bond donors (Lipinski definition) is 2. The molecule has 2 unspecified atom stereocenters. The quantitative estimate of drug-likeness (QED) is 0.206. The Bertz CT molecular complexity index is 1630. The molecule has 0 aliphatic carbocycles. The van der Waals surface area contributed by atoms with Crippen LogP contribution in [0, 0.1) is 0 Å². The van der Waals surface area contributed by atoms with Gasteiger partial charge in [0.25, 0.3) is 11.8 Å². The summed E-state index contributed by atoms with van der Waals surface area (Å²) in [6.07, 6.45) is -19.5. The van der Waals surface area contributed by atoms with Gasteiger partial charge in [-0.2, -0.15) is 39.5 Å². The predicted molar refractivity (Wildman–Crippen MR) is 149 cm³/mol. The van der Waals surface area contributed by atoms with E-state index >= 15 is 0 Å². The Morgan fingerprint density at radius 3 is 2.12 bits per heavy atom. The van der Waals surface area contributed by atoms with Crippen molar-refractivity contribution in [3.05, 3.63) is 71.3 Å². The van der Waals surface area contributed by atoms with Crippen LogP contribution in [-0.2, 0) is 33.5 Å².